The quantitative estimate of drug-likeness (QED) is 0.326. The number of thioether (sulfide) groups is 1. The molecule has 0 spiro atoms. The third kappa shape index (κ3) is 7.45. The Labute approximate surface area is 200 Å². The number of carbonyl (C=O) groups is 2. The monoisotopic (exact) mass is 473 g/mol. The lowest BCUT2D eigenvalue weighted by Crippen LogP contribution is -2.40. The third-order valence-electron chi connectivity index (χ3n) is 5.44. The van der Waals surface area contributed by atoms with Gasteiger partial charge in [0.2, 0.25) is 5.91 Å². The lowest BCUT2D eigenvalue weighted by Gasteiger charge is -2.27. The zero-order chi connectivity index (χ0) is 22.8. The number of unbranched alkanes of at least 4 members (excludes halogenated alkanes) is 5. The predicted octanol–water partition coefficient (Wildman–Crippen LogP) is 6.10. The maximum Gasteiger partial charge on any atom is 0.251 e. The molecule has 0 saturated heterocycles. The number of anilines is 2. The summed E-state index contributed by atoms with van der Waals surface area (Å²) in [6.07, 6.45) is 7.14. The van der Waals surface area contributed by atoms with Crippen molar-refractivity contribution < 1.29 is 9.59 Å². The minimum absolute atomic E-state index is 0.0827. The Bertz CT molecular complexity index is 922. The number of carbonyl (C=O) groups excluding carboxylic acids is 2. The van der Waals surface area contributed by atoms with Crippen LogP contribution in [0.2, 0.25) is 5.02 Å². The maximum atomic E-state index is 12.5. The fourth-order valence-electron chi connectivity index (χ4n) is 3.64. The van der Waals surface area contributed by atoms with Crippen LogP contribution < -0.4 is 16.0 Å². The Balaban J connectivity index is 1.45. The van der Waals surface area contributed by atoms with E-state index in [0.29, 0.717) is 23.5 Å². The van der Waals surface area contributed by atoms with Crippen molar-refractivity contribution >= 4 is 46.6 Å². The Kier molecular flexibility index (Phi) is 9.75. The van der Waals surface area contributed by atoms with Crippen LogP contribution in [0.4, 0.5) is 11.4 Å². The number of benzene rings is 2. The minimum atomic E-state index is -0.320. The molecule has 0 aromatic heterocycles. The Morgan fingerprint density at radius 3 is 2.69 bits per heavy atom. The second-order valence-corrected chi connectivity index (χ2v) is 9.58. The van der Waals surface area contributed by atoms with Gasteiger partial charge in [0.25, 0.3) is 5.91 Å². The number of nitrogens with one attached hydrogen (secondary N) is 3. The molecule has 3 N–H and O–H groups in total. The summed E-state index contributed by atoms with van der Waals surface area (Å²) >= 11 is 7.71. The fourth-order valence-corrected chi connectivity index (χ4v) is 4.85. The summed E-state index contributed by atoms with van der Waals surface area (Å²) in [5.74, 6) is 1.24. The molecule has 7 heteroatoms. The second-order valence-electron chi connectivity index (χ2n) is 8.12. The summed E-state index contributed by atoms with van der Waals surface area (Å²) in [4.78, 5) is 25.0. The molecule has 2 aromatic carbocycles. The predicted molar refractivity (Wildman–Crippen MR) is 136 cm³/mol. The van der Waals surface area contributed by atoms with Crippen LogP contribution in [-0.4, -0.2) is 30.2 Å². The Hall–Kier alpha value is -2.18. The van der Waals surface area contributed by atoms with E-state index in [9.17, 15) is 9.59 Å². The van der Waals surface area contributed by atoms with E-state index < -0.39 is 0 Å². The standard InChI is InChI=1S/C25H32ClN3O2S/c1-2-3-4-5-6-7-13-27-24(30)19-11-12-21-22(15-19)29-25(31)23(28-21)17-32-16-18-9-8-10-20(26)14-18/h8-12,14-15,23,28H,2-7,13,16-17H2,1H3,(H,27,30)(H,29,31)/t23-/m0/s1. The third-order valence-corrected chi connectivity index (χ3v) is 6.79. The lowest BCUT2D eigenvalue weighted by molar-refractivity contribution is -0.116. The molecule has 0 fully saturated rings. The smallest absolute Gasteiger partial charge is 0.251 e. The van der Waals surface area contributed by atoms with E-state index in [2.05, 4.69) is 22.9 Å². The molecule has 5 nitrogen and oxygen atoms in total. The average molecular weight is 474 g/mol. The van der Waals surface area contributed by atoms with Gasteiger partial charge in [0.15, 0.2) is 0 Å². The molecule has 2 aromatic rings. The molecule has 1 heterocycles. The first-order valence-corrected chi connectivity index (χ1v) is 12.9. The number of rotatable bonds is 12. The van der Waals surface area contributed by atoms with Gasteiger partial charge in [-0.1, -0.05) is 62.8 Å². The molecule has 0 aliphatic carbocycles. The zero-order valence-electron chi connectivity index (χ0n) is 18.6. The van der Waals surface area contributed by atoms with E-state index >= 15 is 0 Å². The summed E-state index contributed by atoms with van der Waals surface area (Å²) in [5, 5.41) is 9.94. The Morgan fingerprint density at radius 2 is 1.88 bits per heavy atom. The van der Waals surface area contributed by atoms with Gasteiger partial charge in [-0.05, 0) is 42.3 Å². The van der Waals surface area contributed by atoms with Crippen LogP contribution in [0.3, 0.4) is 0 Å². The van der Waals surface area contributed by atoms with Gasteiger partial charge in [-0.25, -0.2) is 0 Å². The molecule has 0 saturated carbocycles. The van der Waals surface area contributed by atoms with Crippen molar-refractivity contribution in [2.75, 3.05) is 22.9 Å². The van der Waals surface area contributed by atoms with Crippen LogP contribution in [0.1, 0.15) is 61.4 Å². The Morgan fingerprint density at radius 1 is 1.06 bits per heavy atom. The molecule has 3 rings (SSSR count). The van der Waals surface area contributed by atoms with Gasteiger partial charge in [0.05, 0.1) is 11.4 Å². The fraction of sp³-hybridized carbons (Fsp3) is 0.440. The topological polar surface area (TPSA) is 70.2 Å². The van der Waals surface area contributed by atoms with Crippen LogP contribution in [-0.2, 0) is 10.5 Å². The minimum Gasteiger partial charge on any atom is -0.371 e. The van der Waals surface area contributed by atoms with Crippen molar-refractivity contribution in [3.63, 3.8) is 0 Å². The highest BCUT2D eigenvalue weighted by atomic mass is 35.5. The van der Waals surface area contributed by atoms with Crippen molar-refractivity contribution in [1.82, 2.24) is 5.32 Å². The van der Waals surface area contributed by atoms with Crippen molar-refractivity contribution in [2.24, 2.45) is 0 Å². The summed E-state index contributed by atoms with van der Waals surface area (Å²) in [6.45, 7) is 2.89. The first kappa shape index (κ1) is 24.5. The van der Waals surface area contributed by atoms with E-state index in [0.717, 1.165) is 34.9 Å². The van der Waals surface area contributed by atoms with Crippen LogP contribution in [0, 0.1) is 0 Å². The highest BCUT2D eigenvalue weighted by molar-refractivity contribution is 7.98. The first-order valence-electron chi connectivity index (χ1n) is 11.4. The van der Waals surface area contributed by atoms with Gasteiger partial charge in [0, 0.05) is 28.6 Å². The number of hydrogen-bond donors (Lipinski definition) is 3. The largest absolute Gasteiger partial charge is 0.371 e. The first-order chi connectivity index (χ1) is 15.6. The molecule has 1 atom stereocenters. The number of halogens is 1. The SMILES string of the molecule is CCCCCCCCNC(=O)c1ccc2c(c1)NC(=O)[C@H](CSCc1cccc(Cl)c1)N2. The van der Waals surface area contributed by atoms with E-state index in [4.69, 9.17) is 11.6 Å². The lowest BCUT2D eigenvalue weighted by atomic mass is 10.1. The van der Waals surface area contributed by atoms with Crippen molar-refractivity contribution in [2.45, 2.75) is 57.2 Å². The summed E-state index contributed by atoms with van der Waals surface area (Å²) in [5.41, 5.74) is 3.19. The second kappa shape index (κ2) is 12.8. The molecule has 2 amide bonds. The van der Waals surface area contributed by atoms with Crippen LogP contribution in [0.25, 0.3) is 0 Å². The normalized spacial score (nSPS) is 14.9. The molecular weight excluding hydrogens is 442 g/mol. The van der Waals surface area contributed by atoms with Gasteiger partial charge < -0.3 is 16.0 Å². The molecule has 32 heavy (non-hydrogen) atoms. The van der Waals surface area contributed by atoms with Crippen molar-refractivity contribution in [3.05, 3.63) is 58.6 Å². The average Bonchev–Trinajstić information content (AvgIpc) is 2.78. The van der Waals surface area contributed by atoms with E-state index in [1.54, 1.807) is 23.9 Å². The van der Waals surface area contributed by atoms with Crippen LogP contribution >= 0.6 is 23.4 Å². The maximum absolute atomic E-state index is 12.5. The van der Waals surface area contributed by atoms with E-state index in [1.807, 2.05) is 30.3 Å². The van der Waals surface area contributed by atoms with E-state index in [-0.39, 0.29) is 17.9 Å². The van der Waals surface area contributed by atoms with Gasteiger partial charge in [-0.2, -0.15) is 11.8 Å². The molecule has 1 aliphatic rings. The summed E-state index contributed by atoms with van der Waals surface area (Å²) < 4.78 is 0. The van der Waals surface area contributed by atoms with E-state index in [1.165, 1.54) is 25.7 Å². The van der Waals surface area contributed by atoms with Crippen LogP contribution in [0.5, 0.6) is 0 Å². The molecule has 1 aliphatic heterocycles. The molecule has 0 bridgehead atoms. The van der Waals surface area contributed by atoms with Gasteiger partial charge in [-0.15, -0.1) is 0 Å². The zero-order valence-corrected chi connectivity index (χ0v) is 20.2. The molecule has 0 unspecified atom stereocenters. The van der Waals surface area contributed by atoms with Crippen molar-refractivity contribution in [1.29, 1.82) is 0 Å². The van der Waals surface area contributed by atoms with Gasteiger partial charge in [-0.3, -0.25) is 9.59 Å². The highest BCUT2D eigenvalue weighted by Gasteiger charge is 2.26. The van der Waals surface area contributed by atoms with Gasteiger partial charge in [0.1, 0.15) is 6.04 Å². The number of hydrogen-bond acceptors (Lipinski definition) is 4. The molecule has 172 valence electrons. The van der Waals surface area contributed by atoms with Crippen molar-refractivity contribution in [3.8, 4) is 0 Å². The number of fused-ring (bicyclic) bond motifs is 1. The summed E-state index contributed by atoms with van der Waals surface area (Å²) in [6, 6.07) is 12.8. The highest BCUT2D eigenvalue weighted by Crippen LogP contribution is 2.29. The van der Waals surface area contributed by atoms with Gasteiger partial charge >= 0.3 is 0 Å². The number of amides is 2. The molecular formula is C25H32ClN3O2S. The molecule has 0 radical (unpaired) electrons. The van der Waals surface area contributed by atoms with Crippen LogP contribution in [0.15, 0.2) is 42.5 Å². The summed E-state index contributed by atoms with van der Waals surface area (Å²) in [7, 11) is 0.